The highest BCUT2D eigenvalue weighted by atomic mass is 35.5. The third-order valence-corrected chi connectivity index (χ3v) is 6.92. The predicted molar refractivity (Wildman–Crippen MR) is 106 cm³/mol. The summed E-state index contributed by atoms with van der Waals surface area (Å²) in [6.07, 6.45) is -1.17. The fraction of sp³-hybridized carbons (Fsp3) is 0.263. The van der Waals surface area contributed by atoms with Crippen molar-refractivity contribution in [3.63, 3.8) is 0 Å². The third kappa shape index (κ3) is 4.79. The quantitative estimate of drug-likeness (QED) is 0.528. The standard InChI is InChI=1S/C19H17Cl2NO6S/c20-12-5-7-14(8-6-12)29(26,27)22-10-13(23)9-17(22)19(25)28-11-18(24)15-3-1-2-4-16(15)21/h1-8,13,17,23H,9-11H2/t13-,17+/m0/s1. The molecule has 1 aliphatic rings. The van der Waals surface area contributed by atoms with Crippen LogP contribution in [0.4, 0.5) is 0 Å². The zero-order valence-corrected chi connectivity index (χ0v) is 17.3. The van der Waals surface area contributed by atoms with Crippen LogP contribution >= 0.6 is 23.2 Å². The average Bonchev–Trinajstić information content (AvgIpc) is 3.09. The number of hydrogen-bond acceptors (Lipinski definition) is 6. The van der Waals surface area contributed by atoms with Gasteiger partial charge in [0.1, 0.15) is 6.04 Å². The van der Waals surface area contributed by atoms with E-state index < -0.39 is 40.5 Å². The van der Waals surface area contributed by atoms with Crippen LogP contribution < -0.4 is 0 Å². The fourth-order valence-corrected chi connectivity index (χ4v) is 5.00. The van der Waals surface area contributed by atoms with Crippen LogP contribution in [-0.4, -0.2) is 54.9 Å². The maximum atomic E-state index is 12.9. The number of rotatable bonds is 6. The molecule has 0 aromatic heterocycles. The Bertz CT molecular complexity index is 1030. The lowest BCUT2D eigenvalue weighted by atomic mass is 10.1. The molecule has 0 unspecified atom stereocenters. The zero-order chi connectivity index (χ0) is 21.2. The van der Waals surface area contributed by atoms with Crippen molar-refractivity contribution in [2.24, 2.45) is 0 Å². The van der Waals surface area contributed by atoms with Crippen LogP contribution in [0.2, 0.25) is 10.0 Å². The first kappa shape index (κ1) is 21.7. The van der Waals surface area contributed by atoms with Gasteiger partial charge in [-0.2, -0.15) is 4.31 Å². The van der Waals surface area contributed by atoms with Gasteiger partial charge in [-0.15, -0.1) is 0 Å². The predicted octanol–water partition coefficient (Wildman–Crippen LogP) is 2.54. The van der Waals surface area contributed by atoms with E-state index in [-0.39, 0.29) is 28.4 Å². The molecule has 1 aliphatic heterocycles. The Labute approximate surface area is 177 Å². The summed E-state index contributed by atoms with van der Waals surface area (Å²) in [6, 6.07) is 10.5. The first-order valence-corrected chi connectivity index (χ1v) is 10.8. The van der Waals surface area contributed by atoms with Crippen LogP contribution in [0, 0.1) is 0 Å². The summed E-state index contributed by atoms with van der Waals surface area (Å²) < 4.78 is 31.7. The number of Topliss-reactive ketones (excluding diaryl/α,β-unsaturated/α-hetero) is 1. The Hall–Kier alpha value is -1.97. The molecule has 0 radical (unpaired) electrons. The number of carbonyl (C=O) groups excluding carboxylic acids is 2. The topological polar surface area (TPSA) is 101 Å². The van der Waals surface area contributed by atoms with Crippen molar-refractivity contribution in [3.8, 4) is 0 Å². The van der Waals surface area contributed by atoms with E-state index in [1.165, 1.54) is 36.4 Å². The first-order chi connectivity index (χ1) is 13.7. The van der Waals surface area contributed by atoms with Crippen molar-refractivity contribution in [2.75, 3.05) is 13.2 Å². The van der Waals surface area contributed by atoms with E-state index in [9.17, 15) is 23.1 Å². The van der Waals surface area contributed by atoms with Gasteiger partial charge in [0.2, 0.25) is 15.8 Å². The summed E-state index contributed by atoms with van der Waals surface area (Å²) in [4.78, 5) is 24.7. The number of ketones is 1. The van der Waals surface area contributed by atoms with Gasteiger partial charge in [-0.1, -0.05) is 35.3 Å². The minimum Gasteiger partial charge on any atom is -0.456 e. The van der Waals surface area contributed by atoms with Crippen molar-refractivity contribution < 1.29 is 27.9 Å². The van der Waals surface area contributed by atoms with Gasteiger partial charge in [0.25, 0.3) is 0 Å². The Morgan fingerprint density at radius 3 is 2.41 bits per heavy atom. The highest BCUT2D eigenvalue weighted by molar-refractivity contribution is 7.89. The molecule has 1 fully saturated rings. The third-order valence-electron chi connectivity index (χ3n) is 4.45. The van der Waals surface area contributed by atoms with E-state index >= 15 is 0 Å². The monoisotopic (exact) mass is 457 g/mol. The number of nitrogens with zero attached hydrogens (tertiary/aromatic N) is 1. The van der Waals surface area contributed by atoms with E-state index in [0.29, 0.717) is 5.02 Å². The van der Waals surface area contributed by atoms with Crippen LogP contribution in [0.1, 0.15) is 16.8 Å². The molecule has 0 aliphatic carbocycles. The molecule has 2 aromatic carbocycles. The lowest BCUT2D eigenvalue weighted by Gasteiger charge is -2.22. The maximum absolute atomic E-state index is 12.9. The molecule has 0 amide bonds. The lowest BCUT2D eigenvalue weighted by molar-refractivity contribution is -0.146. The summed E-state index contributed by atoms with van der Waals surface area (Å²) in [6.45, 7) is -0.854. The van der Waals surface area contributed by atoms with Gasteiger partial charge in [-0.25, -0.2) is 8.42 Å². The van der Waals surface area contributed by atoms with Gasteiger partial charge < -0.3 is 9.84 Å². The van der Waals surface area contributed by atoms with Gasteiger partial charge in [0, 0.05) is 23.6 Å². The van der Waals surface area contributed by atoms with E-state index in [0.717, 1.165) is 4.31 Å². The number of ether oxygens (including phenoxy) is 1. The molecular formula is C19H17Cl2NO6S. The molecule has 1 N–H and O–H groups in total. The minimum absolute atomic E-state index is 0.0686. The number of aliphatic hydroxyl groups is 1. The Morgan fingerprint density at radius 2 is 1.76 bits per heavy atom. The summed E-state index contributed by atoms with van der Waals surface area (Å²) >= 11 is 11.7. The number of sulfonamides is 1. The average molecular weight is 458 g/mol. The smallest absolute Gasteiger partial charge is 0.325 e. The second kappa shape index (κ2) is 8.81. The fourth-order valence-electron chi connectivity index (χ4n) is 3.00. The lowest BCUT2D eigenvalue weighted by Crippen LogP contribution is -2.41. The van der Waals surface area contributed by atoms with Crippen molar-refractivity contribution in [2.45, 2.75) is 23.5 Å². The zero-order valence-electron chi connectivity index (χ0n) is 15.0. The second-order valence-electron chi connectivity index (χ2n) is 6.44. The molecule has 10 heteroatoms. The number of halogens is 2. The van der Waals surface area contributed by atoms with Gasteiger partial charge in [-0.3, -0.25) is 9.59 Å². The normalized spacial score (nSPS) is 19.8. The SMILES string of the molecule is O=C(COC(=O)[C@H]1C[C@H](O)CN1S(=O)(=O)c1ccc(Cl)cc1)c1ccccc1Cl. The minimum atomic E-state index is -4.07. The molecule has 1 heterocycles. The number of hydrogen-bond donors (Lipinski definition) is 1. The van der Waals surface area contributed by atoms with Gasteiger partial charge in [-0.05, 0) is 36.4 Å². The molecule has 2 atom stereocenters. The van der Waals surface area contributed by atoms with Crippen LogP contribution in [0.15, 0.2) is 53.4 Å². The number of benzene rings is 2. The van der Waals surface area contributed by atoms with Crippen LogP contribution in [0.5, 0.6) is 0 Å². The first-order valence-electron chi connectivity index (χ1n) is 8.60. The summed E-state index contributed by atoms with van der Waals surface area (Å²) in [5.74, 6) is -1.44. The van der Waals surface area contributed by atoms with E-state index in [2.05, 4.69) is 0 Å². The van der Waals surface area contributed by atoms with E-state index in [4.69, 9.17) is 27.9 Å². The number of carbonyl (C=O) groups is 2. The second-order valence-corrected chi connectivity index (χ2v) is 9.18. The van der Waals surface area contributed by atoms with Crippen LogP contribution in [-0.2, 0) is 19.6 Å². The molecule has 29 heavy (non-hydrogen) atoms. The Morgan fingerprint density at radius 1 is 1.10 bits per heavy atom. The molecule has 7 nitrogen and oxygen atoms in total. The Kier molecular flexibility index (Phi) is 6.60. The molecule has 154 valence electrons. The summed E-state index contributed by atoms with van der Waals surface area (Å²) in [7, 11) is -4.07. The highest BCUT2D eigenvalue weighted by Gasteiger charge is 2.44. The molecule has 0 spiro atoms. The number of aliphatic hydroxyl groups excluding tert-OH is 1. The molecular weight excluding hydrogens is 441 g/mol. The molecule has 2 aromatic rings. The molecule has 0 bridgehead atoms. The van der Waals surface area contributed by atoms with Gasteiger partial charge >= 0.3 is 5.97 Å². The molecule has 0 saturated carbocycles. The van der Waals surface area contributed by atoms with E-state index in [1.807, 2.05) is 0 Å². The largest absolute Gasteiger partial charge is 0.456 e. The van der Waals surface area contributed by atoms with Gasteiger partial charge in [0.15, 0.2) is 6.61 Å². The summed E-state index contributed by atoms with van der Waals surface area (Å²) in [5.41, 5.74) is 0.194. The molecule has 1 saturated heterocycles. The van der Waals surface area contributed by atoms with Crippen molar-refractivity contribution in [1.82, 2.24) is 4.31 Å². The maximum Gasteiger partial charge on any atom is 0.325 e. The number of β-amino-alcohol motifs (C(OH)–C–C–N with tert-alkyl or cyclic N) is 1. The van der Waals surface area contributed by atoms with Crippen molar-refractivity contribution >= 4 is 45.0 Å². The number of esters is 1. The van der Waals surface area contributed by atoms with Crippen LogP contribution in [0.3, 0.4) is 0 Å². The van der Waals surface area contributed by atoms with Crippen molar-refractivity contribution in [3.05, 3.63) is 64.1 Å². The summed E-state index contributed by atoms with van der Waals surface area (Å²) in [5, 5.41) is 10.5. The Balaban J connectivity index is 1.74. The van der Waals surface area contributed by atoms with Crippen molar-refractivity contribution in [1.29, 1.82) is 0 Å². The molecule has 3 rings (SSSR count). The highest BCUT2D eigenvalue weighted by Crippen LogP contribution is 2.28. The van der Waals surface area contributed by atoms with Gasteiger partial charge in [0.05, 0.1) is 16.0 Å². The van der Waals surface area contributed by atoms with Crippen LogP contribution in [0.25, 0.3) is 0 Å². The van der Waals surface area contributed by atoms with E-state index in [1.54, 1.807) is 12.1 Å².